The molecule has 26 heavy (non-hydrogen) atoms. The molecule has 0 aromatic rings. The molecule has 2 aliphatic heterocycles. The number of nitrogens with one attached hydrogen (secondary N) is 2. The average molecular weight is 481 g/mol. The van der Waals surface area contributed by atoms with Crippen LogP contribution in [-0.4, -0.2) is 65.2 Å². The Morgan fingerprint density at radius 1 is 1.23 bits per heavy atom. The van der Waals surface area contributed by atoms with Gasteiger partial charge in [0, 0.05) is 46.1 Å². The lowest BCUT2D eigenvalue weighted by molar-refractivity contribution is 0.0205. The molecule has 7 heteroatoms. The SMILES string of the molecule is CCNC(=NCCCOCC1CCOCC1)NCCC1=CCOCC1.I. The van der Waals surface area contributed by atoms with Gasteiger partial charge in [0.05, 0.1) is 13.2 Å². The molecule has 0 unspecified atom stereocenters. The van der Waals surface area contributed by atoms with Crippen LogP contribution in [0.1, 0.15) is 39.0 Å². The summed E-state index contributed by atoms with van der Waals surface area (Å²) in [6.07, 6.45) is 7.54. The first-order valence-corrected chi connectivity index (χ1v) is 9.81. The number of nitrogens with zero attached hydrogens (tertiary/aromatic N) is 1. The molecule has 0 atom stereocenters. The zero-order valence-corrected chi connectivity index (χ0v) is 18.5. The lowest BCUT2D eigenvalue weighted by Crippen LogP contribution is -2.38. The van der Waals surface area contributed by atoms with Crippen molar-refractivity contribution in [1.29, 1.82) is 0 Å². The van der Waals surface area contributed by atoms with Crippen molar-refractivity contribution < 1.29 is 14.2 Å². The maximum Gasteiger partial charge on any atom is 0.191 e. The zero-order valence-electron chi connectivity index (χ0n) is 16.1. The average Bonchev–Trinajstić information content (AvgIpc) is 2.66. The Morgan fingerprint density at radius 3 is 2.81 bits per heavy atom. The van der Waals surface area contributed by atoms with Gasteiger partial charge in [-0.05, 0) is 44.9 Å². The minimum atomic E-state index is 0. The third-order valence-corrected chi connectivity index (χ3v) is 4.55. The fourth-order valence-corrected chi connectivity index (χ4v) is 3.00. The first kappa shape index (κ1) is 23.7. The van der Waals surface area contributed by atoms with Crippen LogP contribution in [-0.2, 0) is 14.2 Å². The molecule has 2 aliphatic rings. The van der Waals surface area contributed by atoms with E-state index < -0.39 is 0 Å². The number of hydrogen-bond donors (Lipinski definition) is 2. The quantitative estimate of drug-likeness (QED) is 0.165. The minimum Gasteiger partial charge on any atom is -0.381 e. The van der Waals surface area contributed by atoms with Crippen LogP contribution >= 0.6 is 24.0 Å². The Labute approximate surface area is 175 Å². The smallest absolute Gasteiger partial charge is 0.191 e. The van der Waals surface area contributed by atoms with Crippen LogP contribution in [0.25, 0.3) is 0 Å². The summed E-state index contributed by atoms with van der Waals surface area (Å²) >= 11 is 0. The third-order valence-electron chi connectivity index (χ3n) is 4.55. The molecular formula is C19H36IN3O3. The van der Waals surface area contributed by atoms with Gasteiger partial charge >= 0.3 is 0 Å². The largest absolute Gasteiger partial charge is 0.381 e. The monoisotopic (exact) mass is 481 g/mol. The van der Waals surface area contributed by atoms with Gasteiger partial charge in [-0.2, -0.15) is 0 Å². The molecule has 2 N–H and O–H groups in total. The summed E-state index contributed by atoms with van der Waals surface area (Å²) in [5, 5.41) is 6.72. The molecule has 0 aromatic carbocycles. The van der Waals surface area contributed by atoms with E-state index in [0.717, 1.165) is 97.3 Å². The van der Waals surface area contributed by atoms with E-state index in [1.54, 1.807) is 0 Å². The highest BCUT2D eigenvalue weighted by Gasteiger charge is 2.13. The van der Waals surface area contributed by atoms with E-state index in [1.165, 1.54) is 5.57 Å². The number of halogens is 1. The molecule has 152 valence electrons. The van der Waals surface area contributed by atoms with Crippen LogP contribution in [0, 0.1) is 5.92 Å². The normalized spacial score (nSPS) is 18.8. The first-order valence-electron chi connectivity index (χ1n) is 9.81. The summed E-state index contributed by atoms with van der Waals surface area (Å²) < 4.78 is 16.5. The summed E-state index contributed by atoms with van der Waals surface area (Å²) in [4.78, 5) is 4.63. The van der Waals surface area contributed by atoms with Crippen LogP contribution in [0.4, 0.5) is 0 Å². The summed E-state index contributed by atoms with van der Waals surface area (Å²) in [6.45, 7) is 9.72. The van der Waals surface area contributed by atoms with Gasteiger partial charge in [-0.15, -0.1) is 24.0 Å². The summed E-state index contributed by atoms with van der Waals surface area (Å²) in [6, 6.07) is 0. The molecular weight excluding hydrogens is 445 g/mol. The van der Waals surface area contributed by atoms with Crippen molar-refractivity contribution in [1.82, 2.24) is 10.6 Å². The Morgan fingerprint density at radius 2 is 2.08 bits per heavy atom. The zero-order chi connectivity index (χ0) is 17.6. The van der Waals surface area contributed by atoms with Gasteiger partial charge in [-0.3, -0.25) is 4.99 Å². The summed E-state index contributed by atoms with van der Waals surface area (Å²) in [7, 11) is 0. The van der Waals surface area contributed by atoms with Crippen LogP contribution in [0.15, 0.2) is 16.6 Å². The Balaban J connectivity index is 0.00000338. The van der Waals surface area contributed by atoms with Crippen molar-refractivity contribution in [3.8, 4) is 0 Å². The number of guanidine groups is 1. The van der Waals surface area contributed by atoms with Crippen LogP contribution < -0.4 is 10.6 Å². The van der Waals surface area contributed by atoms with Crippen molar-refractivity contribution in [2.45, 2.75) is 39.0 Å². The molecule has 0 saturated carbocycles. The Bertz CT molecular complexity index is 413. The second kappa shape index (κ2) is 15.7. The van der Waals surface area contributed by atoms with Gasteiger partial charge in [-0.25, -0.2) is 0 Å². The fourth-order valence-electron chi connectivity index (χ4n) is 3.00. The maximum absolute atomic E-state index is 5.79. The van der Waals surface area contributed by atoms with Crippen molar-refractivity contribution in [2.24, 2.45) is 10.9 Å². The van der Waals surface area contributed by atoms with Crippen LogP contribution in [0.5, 0.6) is 0 Å². The first-order chi connectivity index (χ1) is 12.4. The molecule has 1 fully saturated rings. The molecule has 0 amide bonds. The van der Waals surface area contributed by atoms with Crippen LogP contribution in [0.3, 0.4) is 0 Å². The fraction of sp³-hybridized carbons (Fsp3) is 0.842. The van der Waals surface area contributed by atoms with Gasteiger partial charge in [0.1, 0.15) is 0 Å². The molecule has 2 heterocycles. The van der Waals surface area contributed by atoms with E-state index >= 15 is 0 Å². The van der Waals surface area contributed by atoms with E-state index in [2.05, 4.69) is 28.6 Å². The molecule has 1 saturated heterocycles. The number of aliphatic imine (C=N–C) groups is 1. The van der Waals surface area contributed by atoms with Gasteiger partial charge in [-0.1, -0.05) is 11.6 Å². The van der Waals surface area contributed by atoms with Gasteiger partial charge in [0.2, 0.25) is 0 Å². The van der Waals surface area contributed by atoms with Crippen molar-refractivity contribution >= 4 is 29.9 Å². The van der Waals surface area contributed by atoms with E-state index in [4.69, 9.17) is 14.2 Å². The molecule has 0 aromatic heterocycles. The topological polar surface area (TPSA) is 64.1 Å². The molecule has 6 nitrogen and oxygen atoms in total. The van der Waals surface area contributed by atoms with Gasteiger partial charge < -0.3 is 24.8 Å². The molecule has 0 spiro atoms. The lowest BCUT2D eigenvalue weighted by Gasteiger charge is -2.21. The molecule has 2 rings (SSSR count). The van der Waals surface area contributed by atoms with Gasteiger partial charge in [0.15, 0.2) is 5.96 Å². The van der Waals surface area contributed by atoms with Gasteiger partial charge in [0.25, 0.3) is 0 Å². The van der Waals surface area contributed by atoms with Crippen molar-refractivity contribution in [3.05, 3.63) is 11.6 Å². The highest BCUT2D eigenvalue weighted by Crippen LogP contribution is 2.14. The second-order valence-electron chi connectivity index (χ2n) is 6.61. The number of rotatable bonds is 10. The van der Waals surface area contributed by atoms with E-state index in [9.17, 15) is 0 Å². The van der Waals surface area contributed by atoms with Crippen molar-refractivity contribution in [2.75, 3.05) is 59.3 Å². The predicted octanol–water partition coefficient (Wildman–Crippen LogP) is 2.73. The molecule has 0 aliphatic carbocycles. The highest BCUT2D eigenvalue weighted by molar-refractivity contribution is 14.0. The maximum atomic E-state index is 5.79. The van der Waals surface area contributed by atoms with Crippen molar-refractivity contribution in [3.63, 3.8) is 0 Å². The number of hydrogen-bond acceptors (Lipinski definition) is 4. The highest BCUT2D eigenvalue weighted by atomic mass is 127. The van der Waals surface area contributed by atoms with Crippen LogP contribution in [0.2, 0.25) is 0 Å². The lowest BCUT2D eigenvalue weighted by atomic mass is 10.0. The Kier molecular flexibility index (Phi) is 14.2. The van der Waals surface area contributed by atoms with E-state index in [-0.39, 0.29) is 24.0 Å². The van der Waals surface area contributed by atoms with E-state index in [1.807, 2.05) is 0 Å². The second-order valence-corrected chi connectivity index (χ2v) is 6.61. The summed E-state index contributed by atoms with van der Waals surface area (Å²) in [5.41, 5.74) is 1.48. The third kappa shape index (κ3) is 10.7. The summed E-state index contributed by atoms with van der Waals surface area (Å²) in [5.74, 6) is 1.58. The Hall–Kier alpha value is -0.380. The molecule has 0 bridgehead atoms. The number of ether oxygens (including phenoxy) is 3. The minimum absolute atomic E-state index is 0. The molecule has 0 radical (unpaired) electrons. The standard InChI is InChI=1S/C19H35N3O3.HI/c1-2-20-19(22-10-4-17-5-12-23-13-6-17)21-9-3-11-25-16-18-7-14-24-15-8-18;/h5,18H,2-4,6-16H2,1H3,(H2,20,21,22);1H. The van der Waals surface area contributed by atoms with E-state index in [0.29, 0.717) is 5.92 Å². The predicted molar refractivity (Wildman–Crippen MR) is 117 cm³/mol.